The van der Waals surface area contributed by atoms with Crippen molar-refractivity contribution in [1.82, 2.24) is 19.5 Å². The zero-order valence-corrected chi connectivity index (χ0v) is 21.8. The highest BCUT2D eigenvalue weighted by atomic mass is 19.1. The van der Waals surface area contributed by atoms with Crippen molar-refractivity contribution in [2.24, 2.45) is 0 Å². The zero-order valence-electron chi connectivity index (χ0n) is 21.8. The normalized spacial score (nSPS) is 14.6. The van der Waals surface area contributed by atoms with E-state index in [0.29, 0.717) is 19.0 Å². The molecule has 40 heavy (non-hydrogen) atoms. The average molecular weight is 533 g/mol. The maximum absolute atomic E-state index is 13.5. The van der Waals surface area contributed by atoms with Crippen LogP contribution in [0.5, 0.6) is 17.2 Å². The Morgan fingerprint density at radius 2 is 1.80 bits per heavy atom. The van der Waals surface area contributed by atoms with Gasteiger partial charge in [0.1, 0.15) is 47.1 Å². The zero-order chi connectivity index (χ0) is 27.1. The maximum Gasteiger partial charge on any atom is 0.131 e. The predicted molar refractivity (Wildman–Crippen MR) is 150 cm³/mol. The summed E-state index contributed by atoms with van der Waals surface area (Å²) in [5.74, 6) is 2.89. The van der Waals surface area contributed by atoms with Crippen LogP contribution < -0.4 is 14.2 Å². The minimum Gasteiger partial charge on any atom is -0.493 e. The van der Waals surface area contributed by atoms with Crippen molar-refractivity contribution in [3.8, 4) is 22.9 Å². The first-order valence-electron chi connectivity index (χ1n) is 13.1. The third kappa shape index (κ3) is 4.58. The number of hydrogen-bond donors (Lipinski definition) is 0. The van der Waals surface area contributed by atoms with Gasteiger partial charge in [-0.25, -0.2) is 14.4 Å². The number of pyridine rings is 2. The number of halogens is 1. The van der Waals surface area contributed by atoms with E-state index in [-0.39, 0.29) is 11.9 Å². The Morgan fingerprint density at radius 1 is 0.925 bits per heavy atom. The minimum atomic E-state index is -0.276. The number of aryl methyl sites for hydroxylation is 1. The minimum absolute atomic E-state index is 0.172. The third-order valence-corrected chi connectivity index (χ3v) is 7.06. The fraction of sp³-hybridized carbons (Fsp3) is 0.156. The van der Waals surface area contributed by atoms with Gasteiger partial charge in [-0.1, -0.05) is 6.07 Å². The highest BCUT2D eigenvalue weighted by molar-refractivity contribution is 5.78. The van der Waals surface area contributed by atoms with Crippen molar-refractivity contribution in [2.45, 2.75) is 26.1 Å². The molecule has 0 N–H and O–H groups in total. The Morgan fingerprint density at radius 3 is 2.70 bits per heavy atom. The highest BCUT2D eigenvalue weighted by Crippen LogP contribution is 2.38. The van der Waals surface area contributed by atoms with E-state index >= 15 is 0 Å². The van der Waals surface area contributed by atoms with Crippen LogP contribution in [0.25, 0.3) is 27.6 Å². The van der Waals surface area contributed by atoms with E-state index in [4.69, 9.17) is 14.2 Å². The molecule has 3 aromatic carbocycles. The molecule has 3 aromatic heterocycles. The first-order chi connectivity index (χ1) is 19.6. The van der Waals surface area contributed by atoms with Gasteiger partial charge in [0.15, 0.2) is 0 Å². The summed E-state index contributed by atoms with van der Waals surface area (Å²) >= 11 is 0. The van der Waals surface area contributed by atoms with Crippen LogP contribution in [0.4, 0.5) is 4.39 Å². The predicted octanol–water partition coefficient (Wildman–Crippen LogP) is 6.90. The van der Waals surface area contributed by atoms with Gasteiger partial charge < -0.3 is 14.2 Å². The van der Waals surface area contributed by atoms with Gasteiger partial charge in [-0.15, -0.1) is 0 Å². The van der Waals surface area contributed by atoms with E-state index in [2.05, 4.69) is 19.5 Å². The van der Waals surface area contributed by atoms with Crippen molar-refractivity contribution in [3.63, 3.8) is 0 Å². The van der Waals surface area contributed by atoms with Gasteiger partial charge in [0, 0.05) is 29.3 Å². The number of rotatable bonds is 6. The fourth-order valence-corrected chi connectivity index (χ4v) is 5.15. The van der Waals surface area contributed by atoms with Crippen LogP contribution in [-0.4, -0.2) is 26.1 Å². The highest BCUT2D eigenvalue weighted by Gasteiger charge is 2.24. The molecular weight excluding hydrogens is 507 g/mol. The summed E-state index contributed by atoms with van der Waals surface area (Å²) < 4.78 is 34.0. The molecule has 1 unspecified atom stereocenters. The topological polar surface area (TPSA) is 71.3 Å². The van der Waals surface area contributed by atoms with Gasteiger partial charge in [0.2, 0.25) is 0 Å². The monoisotopic (exact) mass is 532 g/mol. The molecule has 0 saturated carbocycles. The SMILES string of the molecule is Cc1nc2cnccc2n1-c1ccc(OC2CCOc3ccc(OCc4ccc5cc(F)ccc5n4)cc32)cc1. The van der Waals surface area contributed by atoms with Crippen molar-refractivity contribution in [1.29, 1.82) is 0 Å². The summed E-state index contributed by atoms with van der Waals surface area (Å²) in [7, 11) is 0. The summed E-state index contributed by atoms with van der Waals surface area (Å²) in [4.78, 5) is 13.4. The van der Waals surface area contributed by atoms with Crippen LogP contribution in [0.1, 0.15) is 29.6 Å². The molecule has 0 saturated heterocycles. The molecule has 6 aromatic rings. The molecule has 198 valence electrons. The average Bonchev–Trinajstić information content (AvgIpc) is 3.32. The quantitative estimate of drug-likeness (QED) is 0.232. The van der Waals surface area contributed by atoms with E-state index in [1.165, 1.54) is 12.1 Å². The van der Waals surface area contributed by atoms with Crippen LogP contribution in [0.3, 0.4) is 0 Å². The van der Waals surface area contributed by atoms with Gasteiger partial charge in [-0.3, -0.25) is 9.55 Å². The molecule has 7 nitrogen and oxygen atoms in total. The van der Waals surface area contributed by atoms with E-state index in [1.54, 1.807) is 18.5 Å². The first kappa shape index (κ1) is 24.1. The first-order valence-corrected chi connectivity index (χ1v) is 13.1. The summed E-state index contributed by atoms with van der Waals surface area (Å²) in [5, 5.41) is 0.758. The Bertz CT molecular complexity index is 1850. The fourth-order valence-electron chi connectivity index (χ4n) is 5.15. The lowest BCUT2D eigenvalue weighted by atomic mass is 10.0. The standard InChI is InChI=1S/C32H25FN4O3/c1-20-35-29-18-34-14-12-30(29)37(20)24-5-7-25(8-6-24)40-32-13-15-38-31-11-9-26(17-27(31)32)39-19-23-4-2-21-16-22(33)3-10-28(21)36-23/h2-12,14,16-18,32H,13,15,19H2,1H3. The molecule has 7 rings (SSSR count). The van der Waals surface area contributed by atoms with Crippen molar-refractivity contribution in [2.75, 3.05) is 6.61 Å². The molecule has 8 heteroatoms. The number of benzene rings is 3. The Balaban J connectivity index is 1.08. The van der Waals surface area contributed by atoms with Gasteiger partial charge in [0.25, 0.3) is 0 Å². The third-order valence-electron chi connectivity index (χ3n) is 7.06. The van der Waals surface area contributed by atoms with Gasteiger partial charge >= 0.3 is 0 Å². The van der Waals surface area contributed by atoms with Crippen molar-refractivity contribution < 1.29 is 18.6 Å². The molecule has 0 fully saturated rings. The van der Waals surface area contributed by atoms with E-state index in [9.17, 15) is 4.39 Å². The number of fused-ring (bicyclic) bond motifs is 3. The molecular formula is C32H25FN4O3. The molecule has 0 amide bonds. The molecule has 1 aliphatic heterocycles. The molecule has 0 aliphatic carbocycles. The van der Waals surface area contributed by atoms with Crippen LogP contribution in [0.15, 0.2) is 91.3 Å². The van der Waals surface area contributed by atoms with Crippen LogP contribution in [0, 0.1) is 12.7 Å². The number of ether oxygens (including phenoxy) is 3. The Hall–Kier alpha value is -4.98. The van der Waals surface area contributed by atoms with Crippen molar-refractivity contribution in [3.05, 3.63) is 114 Å². The molecule has 4 heterocycles. The largest absolute Gasteiger partial charge is 0.493 e. The number of aromatic nitrogens is 4. The van der Waals surface area contributed by atoms with E-state index in [1.807, 2.05) is 67.6 Å². The summed E-state index contributed by atoms with van der Waals surface area (Å²) in [5.41, 5.74) is 5.32. The summed E-state index contributed by atoms with van der Waals surface area (Å²) in [6.07, 6.45) is 4.10. The second kappa shape index (κ2) is 9.96. The van der Waals surface area contributed by atoms with E-state index in [0.717, 1.165) is 62.6 Å². The number of nitrogens with zero attached hydrogens (tertiary/aromatic N) is 4. The molecule has 0 spiro atoms. The second-order valence-electron chi connectivity index (χ2n) is 9.72. The van der Waals surface area contributed by atoms with Gasteiger partial charge in [-0.05, 0) is 79.7 Å². The van der Waals surface area contributed by atoms with Crippen LogP contribution in [0.2, 0.25) is 0 Å². The lowest BCUT2D eigenvalue weighted by molar-refractivity contribution is 0.135. The van der Waals surface area contributed by atoms with Gasteiger partial charge in [0.05, 0.1) is 29.5 Å². The Labute approximate surface area is 229 Å². The molecule has 0 radical (unpaired) electrons. The van der Waals surface area contributed by atoms with Crippen molar-refractivity contribution >= 4 is 21.9 Å². The summed E-state index contributed by atoms with van der Waals surface area (Å²) in [6, 6.07) is 24.0. The van der Waals surface area contributed by atoms with Gasteiger partial charge in [-0.2, -0.15) is 0 Å². The van der Waals surface area contributed by atoms with Crippen LogP contribution >= 0.6 is 0 Å². The molecule has 1 atom stereocenters. The second-order valence-corrected chi connectivity index (χ2v) is 9.72. The van der Waals surface area contributed by atoms with E-state index < -0.39 is 0 Å². The number of imidazole rings is 1. The molecule has 0 bridgehead atoms. The Kier molecular flexibility index (Phi) is 6.00. The van der Waals surface area contributed by atoms with Crippen LogP contribution in [-0.2, 0) is 6.61 Å². The lowest BCUT2D eigenvalue weighted by Crippen LogP contribution is -2.18. The smallest absolute Gasteiger partial charge is 0.131 e. The lowest BCUT2D eigenvalue weighted by Gasteiger charge is -2.27. The molecule has 1 aliphatic rings. The maximum atomic E-state index is 13.5. The number of hydrogen-bond acceptors (Lipinski definition) is 6. The summed E-state index contributed by atoms with van der Waals surface area (Å²) in [6.45, 7) is 2.85.